The van der Waals surface area contributed by atoms with E-state index in [0.29, 0.717) is 0 Å². The quantitative estimate of drug-likeness (QED) is 0.833. The zero-order valence-electron chi connectivity index (χ0n) is 13.6. The number of fused-ring (bicyclic) bond motifs is 1. The largest absolute Gasteiger partial charge is 0.300 e. The molecule has 116 valence electrons. The van der Waals surface area contributed by atoms with Gasteiger partial charge in [-0.25, -0.2) is 4.68 Å². The molecule has 0 N–H and O–H groups in total. The summed E-state index contributed by atoms with van der Waals surface area (Å²) in [4.78, 5) is 2.45. The van der Waals surface area contributed by atoms with Crippen LogP contribution in [0.25, 0.3) is 11.3 Å². The Morgan fingerprint density at radius 1 is 1.14 bits per heavy atom. The van der Waals surface area contributed by atoms with Crippen molar-refractivity contribution in [3.8, 4) is 5.69 Å². The summed E-state index contributed by atoms with van der Waals surface area (Å²) in [6, 6.07) is 10.4. The lowest BCUT2D eigenvalue weighted by atomic mass is 9.92. The molecule has 0 amide bonds. The average Bonchev–Trinajstić information content (AvgIpc) is 3.01. The van der Waals surface area contributed by atoms with Gasteiger partial charge in [0, 0.05) is 12.1 Å². The second-order valence-electron chi connectivity index (χ2n) is 5.82. The molecule has 0 radical (unpaired) electrons. The smallest absolute Gasteiger partial charge is 0.0649 e. The van der Waals surface area contributed by atoms with Gasteiger partial charge in [0.15, 0.2) is 0 Å². The number of rotatable bonds is 5. The summed E-state index contributed by atoms with van der Waals surface area (Å²) >= 11 is 0. The van der Waals surface area contributed by atoms with E-state index in [-0.39, 0.29) is 0 Å². The van der Waals surface area contributed by atoms with Crippen LogP contribution in [0.1, 0.15) is 37.9 Å². The minimum absolute atomic E-state index is 1.04. The lowest BCUT2D eigenvalue weighted by Crippen LogP contribution is -2.23. The topological polar surface area (TPSA) is 21.1 Å². The molecular formula is C19H25N3. The summed E-state index contributed by atoms with van der Waals surface area (Å²) < 4.78 is 2.11. The lowest BCUT2D eigenvalue weighted by Gasteiger charge is -2.20. The van der Waals surface area contributed by atoms with Gasteiger partial charge in [0.25, 0.3) is 0 Å². The molecule has 2 aromatic rings. The van der Waals surface area contributed by atoms with Crippen molar-refractivity contribution in [1.29, 1.82) is 0 Å². The van der Waals surface area contributed by atoms with Crippen molar-refractivity contribution in [2.45, 2.75) is 33.1 Å². The Hall–Kier alpha value is -1.87. The summed E-state index contributed by atoms with van der Waals surface area (Å²) in [6.45, 7) is 7.70. The third-order valence-electron chi connectivity index (χ3n) is 4.57. The van der Waals surface area contributed by atoms with Gasteiger partial charge in [0.05, 0.1) is 17.6 Å². The fraction of sp³-hybridized carbons (Fsp3) is 0.421. The molecule has 0 spiro atoms. The molecule has 0 atom stereocenters. The van der Waals surface area contributed by atoms with Gasteiger partial charge >= 0.3 is 0 Å². The predicted molar refractivity (Wildman–Crippen MR) is 92.3 cm³/mol. The number of likely N-dealkylation sites (N-methyl/N-ethyl adjacent to an activating group) is 1. The van der Waals surface area contributed by atoms with Gasteiger partial charge in [-0.2, -0.15) is 5.10 Å². The second kappa shape index (κ2) is 6.93. The molecule has 3 heteroatoms. The summed E-state index contributed by atoms with van der Waals surface area (Å²) in [7, 11) is 0. The van der Waals surface area contributed by atoms with E-state index in [0.717, 1.165) is 31.7 Å². The molecular weight excluding hydrogens is 270 g/mol. The predicted octanol–water partition coefficient (Wildman–Crippen LogP) is 3.93. The van der Waals surface area contributed by atoms with Gasteiger partial charge in [-0.3, -0.25) is 0 Å². The summed E-state index contributed by atoms with van der Waals surface area (Å²) in [5.41, 5.74) is 5.34. The summed E-state index contributed by atoms with van der Waals surface area (Å²) in [5, 5.41) is 4.65. The van der Waals surface area contributed by atoms with E-state index in [9.17, 15) is 0 Å². The van der Waals surface area contributed by atoms with Crippen LogP contribution in [-0.4, -0.2) is 34.3 Å². The van der Waals surface area contributed by atoms with E-state index in [1.165, 1.54) is 29.7 Å². The van der Waals surface area contributed by atoms with Crippen molar-refractivity contribution < 1.29 is 0 Å². The van der Waals surface area contributed by atoms with Gasteiger partial charge in [0.1, 0.15) is 0 Å². The number of hydrogen-bond donors (Lipinski definition) is 0. The number of allylic oxidation sites excluding steroid dienone is 1. The van der Waals surface area contributed by atoms with Crippen LogP contribution in [0.4, 0.5) is 0 Å². The van der Waals surface area contributed by atoms with Crippen LogP contribution in [0.3, 0.4) is 0 Å². The van der Waals surface area contributed by atoms with Crippen LogP contribution in [0.2, 0.25) is 0 Å². The second-order valence-corrected chi connectivity index (χ2v) is 5.82. The molecule has 0 aliphatic heterocycles. The highest BCUT2D eigenvalue weighted by Gasteiger charge is 2.19. The Labute approximate surface area is 133 Å². The van der Waals surface area contributed by atoms with Crippen LogP contribution in [0.5, 0.6) is 0 Å². The van der Waals surface area contributed by atoms with E-state index in [1.54, 1.807) is 0 Å². The van der Waals surface area contributed by atoms with Crippen molar-refractivity contribution >= 4 is 5.57 Å². The molecule has 0 unspecified atom stereocenters. The van der Waals surface area contributed by atoms with E-state index >= 15 is 0 Å². The molecule has 0 bridgehead atoms. The molecule has 1 aromatic heterocycles. The molecule has 1 heterocycles. The number of nitrogens with zero attached hydrogens (tertiary/aromatic N) is 3. The number of hydrogen-bond acceptors (Lipinski definition) is 2. The Morgan fingerprint density at radius 3 is 2.64 bits per heavy atom. The minimum atomic E-state index is 1.04. The van der Waals surface area contributed by atoms with Gasteiger partial charge in [0.2, 0.25) is 0 Å². The minimum Gasteiger partial charge on any atom is -0.300 e. The van der Waals surface area contributed by atoms with Crippen LogP contribution in [0, 0.1) is 0 Å². The third-order valence-corrected chi connectivity index (χ3v) is 4.57. The monoisotopic (exact) mass is 295 g/mol. The molecule has 0 saturated carbocycles. The maximum absolute atomic E-state index is 4.65. The van der Waals surface area contributed by atoms with Gasteiger partial charge in [-0.1, -0.05) is 38.1 Å². The van der Waals surface area contributed by atoms with E-state index < -0.39 is 0 Å². The first kappa shape index (κ1) is 15.0. The number of para-hydroxylation sites is 1. The van der Waals surface area contributed by atoms with Crippen molar-refractivity contribution in [2.75, 3.05) is 19.6 Å². The molecule has 0 saturated heterocycles. The Kier molecular flexibility index (Phi) is 4.74. The molecule has 22 heavy (non-hydrogen) atoms. The van der Waals surface area contributed by atoms with Gasteiger partial charge in [-0.15, -0.1) is 0 Å². The van der Waals surface area contributed by atoms with Crippen molar-refractivity contribution in [3.63, 3.8) is 0 Å². The summed E-state index contributed by atoms with van der Waals surface area (Å²) in [5.74, 6) is 0. The molecule has 1 aliphatic rings. The van der Waals surface area contributed by atoms with Crippen LogP contribution >= 0.6 is 0 Å². The Bertz CT molecular complexity index is 636. The maximum atomic E-state index is 4.65. The maximum Gasteiger partial charge on any atom is 0.0649 e. The highest BCUT2D eigenvalue weighted by molar-refractivity contribution is 5.69. The molecule has 0 fully saturated rings. The first-order valence-electron chi connectivity index (χ1n) is 8.37. The molecule has 1 aliphatic carbocycles. The average molecular weight is 295 g/mol. The zero-order valence-corrected chi connectivity index (χ0v) is 13.6. The van der Waals surface area contributed by atoms with E-state index in [1.807, 2.05) is 0 Å². The standard InChI is InChI=1S/C19H25N3/c1-3-21(4-2)14-13-16-9-8-12-19-18(16)15-20-22(19)17-10-6-5-7-11-17/h5-7,10-11,13,15H,3-4,8-9,12,14H2,1-2H3/b16-13-. The molecule has 1 aromatic carbocycles. The van der Waals surface area contributed by atoms with Crippen molar-refractivity contribution in [1.82, 2.24) is 14.7 Å². The SMILES string of the molecule is CCN(CC)C/C=C1/CCCc2c1cnn2-c1ccccc1. The summed E-state index contributed by atoms with van der Waals surface area (Å²) in [6.07, 6.45) is 7.97. The number of aromatic nitrogens is 2. The van der Waals surface area contributed by atoms with Gasteiger partial charge < -0.3 is 4.90 Å². The Morgan fingerprint density at radius 2 is 1.91 bits per heavy atom. The number of benzene rings is 1. The fourth-order valence-corrected chi connectivity index (χ4v) is 3.19. The normalized spacial score (nSPS) is 16.2. The lowest BCUT2D eigenvalue weighted by molar-refractivity contribution is 0.337. The van der Waals surface area contributed by atoms with Crippen LogP contribution < -0.4 is 0 Å². The van der Waals surface area contributed by atoms with Crippen molar-refractivity contribution in [3.05, 3.63) is 53.9 Å². The third kappa shape index (κ3) is 3.00. The fourth-order valence-electron chi connectivity index (χ4n) is 3.19. The highest BCUT2D eigenvalue weighted by Crippen LogP contribution is 2.31. The first-order chi connectivity index (χ1) is 10.8. The van der Waals surface area contributed by atoms with Crippen LogP contribution in [-0.2, 0) is 6.42 Å². The molecule has 3 rings (SSSR count). The molecule has 3 nitrogen and oxygen atoms in total. The zero-order chi connectivity index (χ0) is 15.4. The van der Waals surface area contributed by atoms with E-state index in [4.69, 9.17) is 0 Å². The van der Waals surface area contributed by atoms with Crippen LogP contribution in [0.15, 0.2) is 42.6 Å². The highest BCUT2D eigenvalue weighted by atomic mass is 15.3. The first-order valence-corrected chi connectivity index (χ1v) is 8.37. The van der Waals surface area contributed by atoms with Gasteiger partial charge in [-0.05, 0) is 50.1 Å². The van der Waals surface area contributed by atoms with Crippen molar-refractivity contribution in [2.24, 2.45) is 0 Å². The Balaban J connectivity index is 1.89. The van der Waals surface area contributed by atoms with E-state index in [2.05, 4.69) is 71.1 Å².